The van der Waals surface area contributed by atoms with Gasteiger partial charge in [0.2, 0.25) is 0 Å². The highest BCUT2D eigenvalue weighted by atomic mass is 16.1. The molecule has 0 bridgehead atoms. The topological polar surface area (TPSA) is 62.7 Å². The predicted octanol–water partition coefficient (Wildman–Crippen LogP) is 3.90. The van der Waals surface area contributed by atoms with E-state index in [9.17, 15) is 4.79 Å². The Bertz CT molecular complexity index is 1080. The van der Waals surface area contributed by atoms with Crippen LogP contribution in [0.4, 0.5) is 0 Å². The van der Waals surface area contributed by atoms with Crippen molar-refractivity contribution < 1.29 is 4.79 Å². The highest BCUT2D eigenvalue weighted by Gasteiger charge is 2.13. The monoisotopic (exact) mass is 344 g/mol. The van der Waals surface area contributed by atoms with Crippen LogP contribution in [0.1, 0.15) is 27.2 Å². The molecule has 0 unspecified atom stereocenters. The van der Waals surface area contributed by atoms with E-state index in [2.05, 4.69) is 22.3 Å². The van der Waals surface area contributed by atoms with E-state index in [0.717, 1.165) is 27.8 Å². The molecule has 0 spiro atoms. The van der Waals surface area contributed by atoms with E-state index in [1.54, 1.807) is 10.9 Å². The minimum atomic E-state index is -0.0821. The second kappa shape index (κ2) is 6.52. The lowest BCUT2D eigenvalue weighted by molar-refractivity contribution is 0.0952. The van der Waals surface area contributed by atoms with Gasteiger partial charge in [-0.1, -0.05) is 24.3 Å². The number of aromatic nitrogens is 3. The van der Waals surface area contributed by atoms with Crippen molar-refractivity contribution in [2.24, 2.45) is 0 Å². The van der Waals surface area contributed by atoms with Gasteiger partial charge in [-0.15, -0.1) is 0 Å². The molecule has 5 nitrogen and oxygen atoms in total. The molecule has 1 amide bonds. The van der Waals surface area contributed by atoms with Gasteiger partial charge in [0, 0.05) is 30.0 Å². The molecular weight excluding hydrogens is 324 g/mol. The van der Waals surface area contributed by atoms with Crippen molar-refractivity contribution in [3.63, 3.8) is 0 Å². The molecule has 0 fully saturated rings. The average Bonchev–Trinajstić information content (AvgIpc) is 3.29. The second-order valence-electron chi connectivity index (χ2n) is 6.41. The van der Waals surface area contributed by atoms with Crippen molar-refractivity contribution in [2.45, 2.75) is 20.4 Å². The van der Waals surface area contributed by atoms with E-state index in [4.69, 9.17) is 0 Å². The summed E-state index contributed by atoms with van der Waals surface area (Å²) < 4.78 is 1.80. The van der Waals surface area contributed by atoms with Gasteiger partial charge in [-0.25, -0.2) is 4.68 Å². The summed E-state index contributed by atoms with van der Waals surface area (Å²) in [5.74, 6) is -0.0821. The molecule has 2 aromatic heterocycles. The summed E-state index contributed by atoms with van der Waals surface area (Å²) in [5, 5.41) is 8.35. The zero-order chi connectivity index (χ0) is 18.1. The Kier molecular flexibility index (Phi) is 4.05. The third-order valence-electron chi connectivity index (χ3n) is 4.72. The van der Waals surface area contributed by atoms with Gasteiger partial charge in [-0.3, -0.25) is 4.79 Å². The quantitative estimate of drug-likeness (QED) is 0.590. The average molecular weight is 344 g/mol. The Morgan fingerprint density at radius 1 is 1.15 bits per heavy atom. The number of para-hydroxylation sites is 1. The van der Waals surface area contributed by atoms with E-state index >= 15 is 0 Å². The number of fused-ring (bicyclic) bond motifs is 1. The number of aryl methyl sites for hydroxylation is 2. The first-order chi connectivity index (χ1) is 12.6. The van der Waals surface area contributed by atoms with Crippen LogP contribution in [0.15, 0.2) is 60.9 Å². The van der Waals surface area contributed by atoms with Crippen LogP contribution in [0.3, 0.4) is 0 Å². The van der Waals surface area contributed by atoms with E-state index in [0.29, 0.717) is 12.1 Å². The zero-order valence-electron chi connectivity index (χ0n) is 14.8. The van der Waals surface area contributed by atoms with Crippen LogP contribution >= 0.6 is 0 Å². The number of carbonyl (C=O) groups excluding carboxylic acids is 1. The van der Waals surface area contributed by atoms with Crippen molar-refractivity contribution in [3.05, 3.63) is 83.3 Å². The Balaban J connectivity index is 1.55. The van der Waals surface area contributed by atoms with E-state index in [1.165, 1.54) is 5.56 Å². The molecule has 2 N–H and O–H groups in total. The fourth-order valence-corrected chi connectivity index (χ4v) is 3.18. The fourth-order valence-electron chi connectivity index (χ4n) is 3.18. The molecule has 0 aliphatic carbocycles. The van der Waals surface area contributed by atoms with E-state index in [1.807, 2.05) is 61.7 Å². The minimum absolute atomic E-state index is 0.0821. The van der Waals surface area contributed by atoms with Crippen LogP contribution in [-0.2, 0) is 6.54 Å². The van der Waals surface area contributed by atoms with Crippen molar-refractivity contribution in [1.82, 2.24) is 20.1 Å². The number of nitrogens with one attached hydrogen (secondary N) is 2. The number of nitrogens with zero attached hydrogens (tertiary/aromatic N) is 2. The highest BCUT2D eigenvalue weighted by Crippen LogP contribution is 2.24. The first kappa shape index (κ1) is 16.1. The van der Waals surface area contributed by atoms with Crippen LogP contribution in [0.2, 0.25) is 0 Å². The molecule has 0 atom stereocenters. The number of carbonyl (C=O) groups is 1. The maximum Gasteiger partial charge on any atom is 0.253 e. The van der Waals surface area contributed by atoms with Gasteiger partial charge < -0.3 is 10.3 Å². The summed E-state index contributed by atoms with van der Waals surface area (Å²) in [6.45, 7) is 4.55. The summed E-state index contributed by atoms with van der Waals surface area (Å²) in [4.78, 5) is 16.0. The maximum absolute atomic E-state index is 12.7. The molecular formula is C21H20N4O. The Morgan fingerprint density at radius 2 is 2.00 bits per heavy atom. The molecule has 2 aromatic carbocycles. The number of H-pyrrole nitrogens is 1. The van der Waals surface area contributed by atoms with Crippen LogP contribution in [0.25, 0.3) is 16.6 Å². The molecule has 4 aromatic rings. The lowest BCUT2D eigenvalue weighted by Crippen LogP contribution is -2.23. The largest absolute Gasteiger partial charge is 0.358 e. The van der Waals surface area contributed by atoms with Crippen LogP contribution in [0, 0.1) is 13.8 Å². The molecule has 0 radical (unpaired) electrons. The Labute approximate surface area is 151 Å². The lowest BCUT2D eigenvalue weighted by Gasteiger charge is -2.08. The summed E-state index contributed by atoms with van der Waals surface area (Å²) in [6, 6.07) is 15.7. The number of amides is 1. The summed E-state index contributed by atoms with van der Waals surface area (Å²) in [6.07, 6.45) is 3.64. The molecule has 26 heavy (non-hydrogen) atoms. The van der Waals surface area contributed by atoms with Crippen LogP contribution in [0.5, 0.6) is 0 Å². The van der Waals surface area contributed by atoms with Crippen molar-refractivity contribution in [1.29, 1.82) is 0 Å². The number of aromatic amines is 1. The minimum Gasteiger partial charge on any atom is -0.358 e. The molecule has 0 aliphatic rings. The van der Waals surface area contributed by atoms with Crippen LogP contribution < -0.4 is 5.32 Å². The number of rotatable bonds is 4. The summed E-state index contributed by atoms with van der Waals surface area (Å²) >= 11 is 0. The molecule has 0 aliphatic heterocycles. The van der Waals surface area contributed by atoms with Gasteiger partial charge >= 0.3 is 0 Å². The standard InChI is InChI=1S/C21H20N4O/c1-14-15(2)24-20-18(14)8-4-9-19(20)21(26)22-13-16-6-3-7-17(12-16)25-11-5-10-23-25/h3-12,24H,13H2,1-2H3,(H,22,26). The third kappa shape index (κ3) is 2.88. The Hall–Kier alpha value is -3.34. The Morgan fingerprint density at radius 3 is 2.81 bits per heavy atom. The smallest absolute Gasteiger partial charge is 0.253 e. The molecule has 5 heteroatoms. The zero-order valence-corrected chi connectivity index (χ0v) is 14.8. The van der Waals surface area contributed by atoms with Crippen molar-refractivity contribution in [3.8, 4) is 5.69 Å². The number of hydrogen-bond donors (Lipinski definition) is 2. The van der Waals surface area contributed by atoms with Gasteiger partial charge in [0.05, 0.1) is 16.8 Å². The molecule has 0 saturated carbocycles. The van der Waals surface area contributed by atoms with Crippen molar-refractivity contribution >= 4 is 16.8 Å². The molecule has 2 heterocycles. The third-order valence-corrected chi connectivity index (χ3v) is 4.72. The van der Waals surface area contributed by atoms with Gasteiger partial charge in [-0.2, -0.15) is 5.10 Å². The fraction of sp³-hybridized carbons (Fsp3) is 0.143. The molecule has 0 saturated heterocycles. The van der Waals surface area contributed by atoms with Crippen LogP contribution in [-0.4, -0.2) is 20.7 Å². The van der Waals surface area contributed by atoms with E-state index < -0.39 is 0 Å². The van der Waals surface area contributed by atoms with Gasteiger partial charge in [-0.05, 0) is 49.2 Å². The normalized spacial score (nSPS) is 11.0. The van der Waals surface area contributed by atoms with Gasteiger partial charge in [0.25, 0.3) is 5.91 Å². The first-order valence-electron chi connectivity index (χ1n) is 8.58. The van der Waals surface area contributed by atoms with E-state index in [-0.39, 0.29) is 5.91 Å². The summed E-state index contributed by atoms with van der Waals surface area (Å²) in [7, 11) is 0. The highest BCUT2D eigenvalue weighted by molar-refractivity contribution is 6.06. The van der Waals surface area contributed by atoms with Crippen molar-refractivity contribution in [2.75, 3.05) is 0 Å². The summed E-state index contributed by atoms with van der Waals surface area (Å²) in [5.41, 5.74) is 5.83. The maximum atomic E-state index is 12.7. The molecule has 130 valence electrons. The lowest BCUT2D eigenvalue weighted by atomic mass is 10.1. The predicted molar refractivity (Wildman–Crippen MR) is 103 cm³/mol. The SMILES string of the molecule is Cc1[nH]c2c(C(=O)NCc3cccc(-n4cccn4)c3)cccc2c1C. The van der Waals surface area contributed by atoms with Gasteiger partial charge in [0.1, 0.15) is 0 Å². The second-order valence-corrected chi connectivity index (χ2v) is 6.41. The van der Waals surface area contributed by atoms with Gasteiger partial charge in [0.15, 0.2) is 0 Å². The number of hydrogen-bond acceptors (Lipinski definition) is 2. The first-order valence-corrected chi connectivity index (χ1v) is 8.58. The number of benzene rings is 2. The molecule has 4 rings (SSSR count).